The van der Waals surface area contributed by atoms with Gasteiger partial charge in [0.25, 0.3) is 0 Å². The lowest BCUT2D eigenvalue weighted by atomic mass is 9.93. The summed E-state index contributed by atoms with van der Waals surface area (Å²) in [4.78, 5) is 0. The number of halogens is 3. The normalized spacial score (nSPS) is 15.2. The molecule has 106 valence electrons. The van der Waals surface area contributed by atoms with Crippen LogP contribution in [0.3, 0.4) is 0 Å². The number of aromatic nitrogens is 2. The summed E-state index contributed by atoms with van der Waals surface area (Å²) in [7, 11) is 0. The minimum absolute atomic E-state index is 0.0602. The molecule has 0 saturated heterocycles. The fraction of sp³-hybridized carbons (Fsp3) is 0.357. The lowest BCUT2D eigenvalue weighted by Gasteiger charge is -2.25. The monoisotopic (exact) mass is 281 g/mol. The number of hydrogen-bond donors (Lipinski definition) is 1. The Hall–Kier alpha value is -1.98. The lowest BCUT2D eigenvalue weighted by molar-refractivity contribution is 0.290. The van der Waals surface area contributed by atoms with Gasteiger partial charge in [0.1, 0.15) is 11.6 Å². The minimum atomic E-state index is -1.18. The highest BCUT2D eigenvalue weighted by atomic mass is 19.2. The maximum absolute atomic E-state index is 13.5. The van der Waals surface area contributed by atoms with Gasteiger partial charge in [-0.3, -0.25) is 4.68 Å². The van der Waals surface area contributed by atoms with Crippen LogP contribution < -0.4 is 5.32 Å². The fourth-order valence-corrected chi connectivity index (χ4v) is 2.17. The second-order valence-corrected chi connectivity index (χ2v) is 4.98. The number of nitrogens with zero attached hydrogens (tertiary/aromatic N) is 2. The van der Waals surface area contributed by atoms with Gasteiger partial charge in [-0.25, -0.2) is 13.2 Å². The Morgan fingerprint density at radius 2 is 1.90 bits per heavy atom. The van der Waals surface area contributed by atoms with Gasteiger partial charge in [0.15, 0.2) is 11.6 Å². The van der Waals surface area contributed by atoms with E-state index < -0.39 is 17.5 Å². The van der Waals surface area contributed by atoms with Crippen molar-refractivity contribution in [3.63, 3.8) is 0 Å². The average molecular weight is 281 g/mol. The first-order valence-corrected chi connectivity index (χ1v) is 6.56. The van der Waals surface area contributed by atoms with Crippen molar-refractivity contribution in [2.45, 2.75) is 31.8 Å². The fourth-order valence-electron chi connectivity index (χ4n) is 2.17. The van der Waals surface area contributed by atoms with Crippen LogP contribution in [-0.4, -0.2) is 9.78 Å². The molecular weight excluding hydrogens is 267 g/mol. The van der Waals surface area contributed by atoms with Gasteiger partial charge in [0.05, 0.1) is 6.04 Å². The Kier molecular flexibility index (Phi) is 3.38. The van der Waals surface area contributed by atoms with Crippen LogP contribution in [0.1, 0.15) is 30.9 Å². The Bertz CT molecular complexity index is 620. The van der Waals surface area contributed by atoms with E-state index in [1.807, 2.05) is 10.9 Å². The second-order valence-electron chi connectivity index (χ2n) is 4.98. The molecule has 1 aromatic carbocycles. The van der Waals surface area contributed by atoms with Crippen LogP contribution in [0.25, 0.3) is 0 Å². The van der Waals surface area contributed by atoms with Crippen LogP contribution in [0, 0.1) is 17.5 Å². The van der Waals surface area contributed by atoms with E-state index in [9.17, 15) is 13.2 Å². The number of anilines is 1. The zero-order chi connectivity index (χ0) is 14.1. The molecule has 1 N–H and O–H groups in total. The van der Waals surface area contributed by atoms with E-state index in [2.05, 4.69) is 10.4 Å². The minimum Gasteiger partial charge on any atom is -0.364 e. The van der Waals surface area contributed by atoms with Crippen molar-refractivity contribution in [3.05, 3.63) is 47.4 Å². The maximum atomic E-state index is 13.5. The molecular formula is C14H14F3N3. The quantitative estimate of drug-likeness (QED) is 0.867. The summed E-state index contributed by atoms with van der Waals surface area (Å²) >= 11 is 0. The highest BCUT2D eigenvalue weighted by Crippen LogP contribution is 2.31. The molecule has 2 aromatic rings. The molecule has 0 atom stereocenters. The van der Waals surface area contributed by atoms with Gasteiger partial charge >= 0.3 is 0 Å². The van der Waals surface area contributed by atoms with E-state index in [-0.39, 0.29) is 12.1 Å². The molecule has 20 heavy (non-hydrogen) atoms. The average Bonchev–Trinajstić information content (AvgIpc) is 2.78. The van der Waals surface area contributed by atoms with Crippen LogP contribution in [0.5, 0.6) is 0 Å². The smallest absolute Gasteiger partial charge is 0.161 e. The van der Waals surface area contributed by atoms with E-state index in [4.69, 9.17) is 0 Å². The van der Waals surface area contributed by atoms with E-state index >= 15 is 0 Å². The third-order valence-corrected chi connectivity index (χ3v) is 3.61. The van der Waals surface area contributed by atoms with E-state index in [1.54, 1.807) is 6.07 Å². The van der Waals surface area contributed by atoms with Crippen molar-refractivity contribution in [2.24, 2.45) is 0 Å². The standard InChI is InChI=1S/C14H14F3N3/c15-11-7-13(17)12(16)6-9(11)8-18-14-4-5-20(19-14)10-2-1-3-10/h4-7,10H,1-3,8H2,(H,18,19). The molecule has 1 saturated carbocycles. The Balaban J connectivity index is 1.67. The Morgan fingerprint density at radius 3 is 2.60 bits per heavy atom. The van der Waals surface area contributed by atoms with Crippen LogP contribution in [0.15, 0.2) is 24.4 Å². The Labute approximate surface area is 114 Å². The molecule has 0 amide bonds. The SMILES string of the molecule is Fc1cc(F)c(CNc2ccn(C3CCC3)n2)cc1F. The highest BCUT2D eigenvalue weighted by Gasteiger charge is 2.20. The molecule has 0 spiro atoms. The van der Waals surface area contributed by atoms with Gasteiger partial charge < -0.3 is 5.32 Å². The first kappa shape index (κ1) is 13.0. The Morgan fingerprint density at radius 1 is 1.15 bits per heavy atom. The van der Waals surface area contributed by atoms with Crippen molar-refractivity contribution in [1.29, 1.82) is 0 Å². The summed E-state index contributed by atoms with van der Waals surface area (Å²) in [6.45, 7) is 0.0602. The molecule has 0 unspecified atom stereocenters. The first-order valence-electron chi connectivity index (χ1n) is 6.56. The molecule has 6 heteroatoms. The van der Waals surface area contributed by atoms with Gasteiger partial charge in [-0.1, -0.05) is 0 Å². The predicted molar refractivity (Wildman–Crippen MR) is 68.8 cm³/mol. The van der Waals surface area contributed by atoms with Crippen molar-refractivity contribution < 1.29 is 13.2 Å². The molecule has 1 aliphatic carbocycles. The van der Waals surface area contributed by atoms with Gasteiger partial charge in [0.2, 0.25) is 0 Å². The zero-order valence-electron chi connectivity index (χ0n) is 10.7. The molecule has 3 rings (SSSR count). The van der Waals surface area contributed by atoms with Crippen LogP contribution >= 0.6 is 0 Å². The van der Waals surface area contributed by atoms with Gasteiger partial charge in [-0.2, -0.15) is 5.10 Å². The molecule has 1 aromatic heterocycles. The summed E-state index contributed by atoms with van der Waals surface area (Å²) < 4.78 is 41.2. The third kappa shape index (κ3) is 2.50. The number of nitrogens with one attached hydrogen (secondary N) is 1. The molecule has 0 bridgehead atoms. The summed E-state index contributed by atoms with van der Waals surface area (Å²) in [5.74, 6) is -2.40. The maximum Gasteiger partial charge on any atom is 0.161 e. The second kappa shape index (κ2) is 5.19. The molecule has 1 fully saturated rings. The number of hydrogen-bond acceptors (Lipinski definition) is 2. The number of benzene rings is 1. The van der Waals surface area contributed by atoms with Crippen molar-refractivity contribution >= 4 is 5.82 Å². The summed E-state index contributed by atoms with van der Waals surface area (Å²) in [5.41, 5.74) is 0.0714. The summed E-state index contributed by atoms with van der Waals surface area (Å²) in [6.07, 6.45) is 5.33. The van der Waals surface area contributed by atoms with Crippen LogP contribution in [0.2, 0.25) is 0 Å². The summed E-state index contributed by atoms with van der Waals surface area (Å²) in [5, 5.41) is 7.24. The molecule has 1 aliphatic rings. The first-order chi connectivity index (χ1) is 9.63. The predicted octanol–water partition coefficient (Wildman–Crippen LogP) is 3.64. The topological polar surface area (TPSA) is 29.9 Å². The van der Waals surface area contributed by atoms with Crippen molar-refractivity contribution in [1.82, 2.24) is 9.78 Å². The van der Waals surface area contributed by atoms with Gasteiger partial charge in [-0.15, -0.1) is 0 Å². The van der Waals surface area contributed by atoms with E-state index in [0.717, 1.165) is 18.9 Å². The van der Waals surface area contributed by atoms with Gasteiger partial charge in [-0.05, 0) is 25.3 Å². The van der Waals surface area contributed by atoms with Crippen molar-refractivity contribution in [3.8, 4) is 0 Å². The summed E-state index contributed by atoms with van der Waals surface area (Å²) in [6, 6.07) is 3.65. The highest BCUT2D eigenvalue weighted by molar-refractivity contribution is 5.34. The third-order valence-electron chi connectivity index (χ3n) is 3.61. The molecule has 1 heterocycles. The van der Waals surface area contributed by atoms with E-state index in [0.29, 0.717) is 17.9 Å². The number of rotatable bonds is 4. The lowest BCUT2D eigenvalue weighted by Crippen LogP contribution is -2.17. The molecule has 0 radical (unpaired) electrons. The zero-order valence-corrected chi connectivity index (χ0v) is 10.7. The largest absolute Gasteiger partial charge is 0.364 e. The van der Waals surface area contributed by atoms with Crippen LogP contribution in [-0.2, 0) is 6.54 Å². The molecule has 3 nitrogen and oxygen atoms in total. The van der Waals surface area contributed by atoms with Gasteiger partial charge in [0, 0.05) is 30.4 Å². The van der Waals surface area contributed by atoms with Crippen molar-refractivity contribution in [2.75, 3.05) is 5.32 Å². The molecule has 0 aliphatic heterocycles. The van der Waals surface area contributed by atoms with E-state index in [1.165, 1.54) is 6.42 Å². The van der Waals surface area contributed by atoms with Crippen LogP contribution in [0.4, 0.5) is 19.0 Å².